The highest BCUT2D eigenvalue weighted by Gasteiger charge is 2.19. The maximum absolute atomic E-state index is 13.1. The van der Waals surface area contributed by atoms with Crippen LogP contribution in [0, 0.1) is 18.3 Å². The van der Waals surface area contributed by atoms with Gasteiger partial charge in [0.15, 0.2) is 6.61 Å². The third-order valence-electron chi connectivity index (χ3n) is 4.72. The van der Waals surface area contributed by atoms with Crippen LogP contribution in [0.1, 0.15) is 15.9 Å². The Morgan fingerprint density at radius 3 is 2.42 bits per heavy atom. The van der Waals surface area contributed by atoms with E-state index >= 15 is 0 Å². The van der Waals surface area contributed by atoms with Crippen LogP contribution < -0.4 is 10.1 Å². The van der Waals surface area contributed by atoms with Crippen LogP contribution in [-0.2, 0) is 0 Å². The molecule has 31 heavy (non-hydrogen) atoms. The topological polar surface area (TPSA) is 79.9 Å². The first-order chi connectivity index (χ1) is 15.1. The van der Waals surface area contributed by atoms with Gasteiger partial charge in [0, 0.05) is 17.4 Å². The van der Waals surface area contributed by atoms with Gasteiger partial charge in [0.2, 0.25) is 0 Å². The van der Waals surface area contributed by atoms with Crippen molar-refractivity contribution < 1.29 is 9.53 Å². The molecule has 0 unspecified atom stereocenters. The minimum absolute atomic E-state index is 0.0235. The Labute approximate surface area is 180 Å². The van der Waals surface area contributed by atoms with Crippen molar-refractivity contribution in [2.45, 2.75) is 6.92 Å². The first kappa shape index (κ1) is 19.9. The molecule has 0 atom stereocenters. The summed E-state index contributed by atoms with van der Waals surface area (Å²) in [7, 11) is 0. The molecule has 4 rings (SSSR count). The van der Waals surface area contributed by atoms with Gasteiger partial charge in [-0.25, -0.2) is 4.68 Å². The Hall–Kier alpha value is -4.37. The van der Waals surface area contributed by atoms with Crippen molar-refractivity contribution in [1.29, 1.82) is 5.26 Å². The normalized spacial score (nSPS) is 10.3. The summed E-state index contributed by atoms with van der Waals surface area (Å²) in [6.07, 6.45) is 1.74. The number of anilines is 1. The lowest BCUT2D eigenvalue weighted by molar-refractivity contribution is 0.102. The highest BCUT2D eigenvalue weighted by atomic mass is 16.5. The van der Waals surface area contributed by atoms with E-state index < -0.39 is 0 Å². The highest BCUT2D eigenvalue weighted by Crippen LogP contribution is 2.25. The summed E-state index contributed by atoms with van der Waals surface area (Å²) in [5.41, 5.74) is 4.58. The standard InChI is InChI=1S/C25H20N4O2/c1-18-7-11-21(12-8-18)29-17-23(24(28-29)19-5-3-2-4-6-19)25(30)27-20-9-13-22(14-10-20)31-16-15-26/h2-14,17H,16H2,1H3,(H,27,30). The molecular weight excluding hydrogens is 388 g/mol. The molecule has 0 aliphatic carbocycles. The lowest BCUT2D eigenvalue weighted by atomic mass is 10.1. The molecule has 6 nitrogen and oxygen atoms in total. The number of carbonyl (C=O) groups is 1. The molecule has 4 aromatic rings. The summed E-state index contributed by atoms with van der Waals surface area (Å²) in [6.45, 7) is 2.00. The molecular formula is C25H20N4O2. The molecule has 0 saturated heterocycles. The minimum Gasteiger partial charge on any atom is -0.479 e. The average Bonchev–Trinajstić information content (AvgIpc) is 3.25. The number of aromatic nitrogens is 2. The van der Waals surface area contributed by atoms with Gasteiger partial charge >= 0.3 is 0 Å². The number of amides is 1. The number of nitriles is 1. The Morgan fingerprint density at radius 2 is 1.74 bits per heavy atom. The SMILES string of the molecule is Cc1ccc(-n2cc(C(=O)Nc3ccc(OCC#N)cc3)c(-c3ccccc3)n2)cc1. The molecule has 1 aromatic heterocycles. The van der Waals surface area contributed by atoms with E-state index in [1.54, 1.807) is 35.1 Å². The number of aryl methyl sites for hydroxylation is 1. The van der Waals surface area contributed by atoms with Crippen molar-refractivity contribution in [2.75, 3.05) is 11.9 Å². The zero-order chi connectivity index (χ0) is 21.6. The second kappa shape index (κ2) is 8.97. The third-order valence-corrected chi connectivity index (χ3v) is 4.72. The van der Waals surface area contributed by atoms with Gasteiger partial charge in [-0.05, 0) is 43.3 Å². The van der Waals surface area contributed by atoms with Crippen LogP contribution in [0.15, 0.2) is 85.1 Å². The van der Waals surface area contributed by atoms with Crippen LogP contribution in [0.4, 0.5) is 5.69 Å². The zero-order valence-corrected chi connectivity index (χ0v) is 16.9. The van der Waals surface area contributed by atoms with Gasteiger partial charge < -0.3 is 10.1 Å². The molecule has 0 fully saturated rings. The minimum atomic E-state index is -0.261. The Balaban J connectivity index is 1.65. The lowest BCUT2D eigenvalue weighted by Gasteiger charge is -2.07. The number of carbonyl (C=O) groups excluding carboxylic acids is 1. The van der Waals surface area contributed by atoms with E-state index in [-0.39, 0.29) is 12.5 Å². The number of benzene rings is 3. The van der Waals surface area contributed by atoms with E-state index in [1.807, 2.05) is 67.6 Å². The van der Waals surface area contributed by atoms with Crippen molar-refractivity contribution in [2.24, 2.45) is 0 Å². The Morgan fingerprint density at radius 1 is 1.03 bits per heavy atom. The van der Waals surface area contributed by atoms with Crippen molar-refractivity contribution in [1.82, 2.24) is 9.78 Å². The summed E-state index contributed by atoms with van der Waals surface area (Å²) in [6, 6.07) is 26.4. The predicted octanol–water partition coefficient (Wildman–Crippen LogP) is 5.00. The maximum Gasteiger partial charge on any atom is 0.259 e. The van der Waals surface area contributed by atoms with Gasteiger partial charge in [0.1, 0.15) is 17.5 Å². The van der Waals surface area contributed by atoms with E-state index in [0.717, 1.165) is 16.8 Å². The molecule has 3 aromatic carbocycles. The van der Waals surface area contributed by atoms with Crippen LogP contribution in [-0.4, -0.2) is 22.3 Å². The fourth-order valence-electron chi connectivity index (χ4n) is 3.13. The summed E-state index contributed by atoms with van der Waals surface area (Å²) in [5.74, 6) is 0.305. The Kier molecular flexibility index (Phi) is 5.77. The van der Waals surface area contributed by atoms with E-state index in [4.69, 9.17) is 15.1 Å². The van der Waals surface area contributed by atoms with Gasteiger partial charge in [0.05, 0.1) is 11.3 Å². The second-order valence-electron chi connectivity index (χ2n) is 6.96. The highest BCUT2D eigenvalue weighted by molar-refractivity contribution is 6.08. The number of nitrogens with one attached hydrogen (secondary N) is 1. The van der Waals surface area contributed by atoms with Crippen LogP contribution in [0.5, 0.6) is 5.75 Å². The Bertz CT molecular complexity index is 1220. The molecule has 0 spiro atoms. The van der Waals surface area contributed by atoms with Crippen LogP contribution >= 0.6 is 0 Å². The first-order valence-electron chi connectivity index (χ1n) is 9.77. The first-order valence-corrected chi connectivity index (χ1v) is 9.77. The summed E-state index contributed by atoms with van der Waals surface area (Å²) < 4.78 is 6.97. The predicted molar refractivity (Wildman–Crippen MR) is 119 cm³/mol. The number of nitrogens with zero attached hydrogens (tertiary/aromatic N) is 3. The van der Waals surface area contributed by atoms with Crippen LogP contribution in [0.2, 0.25) is 0 Å². The van der Waals surface area contributed by atoms with Crippen molar-refractivity contribution in [3.63, 3.8) is 0 Å². The zero-order valence-electron chi connectivity index (χ0n) is 16.9. The molecule has 0 aliphatic rings. The summed E-state index contributed by atoms with van der Waals surface area (Å²) in [4.78, 5) is 13.1. The average molecular weight is 408 g/mol. The molecule has 1 amide bonds. The third kappa shape index (κ3) is 4.62. The smallest absolute Gasteiger partial charge is 0.259 e. The largest absolute Gasteiger partial charge is 0.479 e. The van der Waals surface area contributed by atoms with E-state index in [1.165, 1.54) is 0 Å². The monoisotopic (exact) mass is 408 g/mol. The number of rotatable bonds is 6. The summed E-state index contributed by atoms with van der Waals surface area (Å²) in [5, 5.41) is 16.2. The fraction of sp³-hybridized carbons (Fsp3) is 0.0800. The van der Waals surface area contributed by atoms with E-state index in [0.29, 0.717) is 22.7 Å². The van der Waals surface area contributed by atoms with Gasteiger partial charge in [-0.1, -0.05) is 48.0 Å². The number of hydrogen-bond acceptors (Lipinski definition) is 4. The molecule has 1 N–H and O–H groups in total. The molecule has 1 heterocycles. The van der Waals surface area contributed by atoms with Crippen LogP contribution in [0.3, 0.4) is 0 Å². The molecule has 0 saturated carbocycles. The molecule has 6 heteroatoms. The lowest BCUT2D eigenvalue weighted by Crippen LogP contribution is -2.12. The van der Waals surface area contributed by atoms with Crippen molar-refractivity contribution in [3.05, 3.63) is 96.2 Å². The number of hydrogen-bond donors (Lipinski definition) is 1. The van der Waals surface area contributed by atoms with E-state index in [9.17, 15) is 4.79 Å². The molecule has 152 valence electrons. The quantitative estimate of drug-likeness (QED) is 0.487. The van der Waals surface area contributed by atoms with Gasteiger partial charge in [-0.15, -0.1) is 0 Å². The molecule has 0 bridgehead atoms. The van der Waals surface area contributed by atoms with Crippen molar-refractivity contribution >= 4 is 11.6 Å². The van der Waals surface area contributed by atoms with Crippen LogP contribution in [0.25, 0.3) is 16.9 Å². The fourth-order valence-corrected chi connectivity index (χ4v) is 3.13. The summed E-state index contributed by atoms with van der Waals surface area (Å²) >= 11 is 0. The molecule has 0 aliphatic heterocycles. The second-order valence-corrected chi connectivity index (χ2v) is 6.96. The maximum atomic E-state index is 13.1. The van der Waals surface area contributed by atoms with Gasteiger partial charge in [-0.3, -0.25) is 4.79 Å². The number of ether oxygens (including phenoxy) is 1. The molecule has 0 radical (unpaired) electrons. The van der Waals surface area contributed by atoms with E-state index in [2.05, 4.69) is 5.32 Å². The van der Waals surface area contributed by atoms with Gasteiger partial charge in [-0.2, -0.15) is 10.4 Å². The van der Waals surface area contributed by atoms with Gasteiger partial charge in [0.25, 0.3) is 5.91 Å². The van der Waals surface area contributed by atoms with Crippen molar-refractivity contribution in [3.8, 4) is 28.8 Å².